The van der Waals surface area contributed by atoms with Crippen LogP contribution in [0.4, 0.5) is 11.4 Å². The Labute approximate surface area is 151 Å². The summed E-state index contributed by atoms with van der Waals surface area (Å²) in [6, 6.07) is 9.81. The molecule has 0 aromatic heterocycles. The summed E-state index contributed by atoms with van der Waals surface area (Å²) in [5.74, 6) is -0.256. The molecule has 0 saturated carbocycles. The number of nitrogens with zero attached hydrogens (tertiary/aromatic N) is 1. The van der Waals surface area contributed by atoms with E-state index in [1.165, 1.54) is 0 Å². The van der Waals surface area contributed by atoms with Crippen LogP contribution in [-0.2, 0) is 21.2 Å². The zero-order valence-electron chi connectivity index (χ0n) is 13.6. The monoisotopic (exact) mass is 376 g/mol. The Balaban J connectivity index is 1.76. The molecule has 0 saturated heterocycles. The number of anilines is 2. The van der Waals surface area contributed by atoms with Crippen LogP contribution < -0.4 is 9.62 Å². The molecule has 2 aliphatic rings. The summed E-state index contributed by atoms with van der Waals surface area (Å²) in [6.45, 7) is 2.54. The van der Waals surface area contributed by atoms with Crippen LogP contribution >= 0.6 is 11.6 Å². The van der Waals surface area contributed by atoms with E-state index in [2.05, 4.69) is 4.72 Å². The molecule has 2 aliphatic heterocycles. The molecule has 2 aromatic rings. The van der Waals surface area contributed by atoms with Gasteiger partial charge in [0.15, 0.2) is 0 Å². The first-order valence-corrected chi connectivity index (χ1v) is 9.99. The minimum atomic E-state index is -3.74. The van der Waals surface area contributed by atoms with Gasteiger partial charge in [0.2, 0.25) is 5.91 Å². The number of nitrogens with one attached hydrogen (secondary N) is 1. The summed E-state index contributed by atoms with van der Waals surface area (Å²) in [5, 5.41) is 0.539. The lowest BCUT2D eigenvalue weighted by atomic mass is 9.97. The Bertz CT molecular complexity index is 971. The summed E-state index contributed by atoms with van der Waals surface area (Å²) < 4.78 is 28.2. The van der Waals surface area contributed by atoms with Crippen molar-refractivity contribution in [2.75, 3.05) is 16.2 Å². The van der Waals surface area contributed by atoms with Crippen LogP contribution in [0.1, 0.15) is 30.4 Å². The third-order valence-corrected chi connectivity index (χ3v) is 6.41. The van der Waals surface area contributed by atoms with Crippen LogP contribution in [0, 0.1) is 0 Å². The summed E-state index contributed by atoms with van der Waals surface area (Å²) in [7, 11) is -3.74. The topological polar surface area (TPSA) is 66.5 Å². The van der Waals surface area contributed by atoms with Crippen LogP contribution in [0.15, 0.2) is 41.3 Å². The third-order valence-electron chi connectivity index (χ3n) is 4.80. The van der Waals surface area contributed by atoms with Gasteiger partial charge >= 0.3 is 0 Å². The number of halogens is 1. The van der Waals surface area contributed by atoms with Gasteiger partial charge in [0.25, 0.3) is 10.0 Å². The molecule has 4 rings (SSSR count). The standard InChI is InChI=1S/C18H17ClN2O3S/c1-11-16-10-15(9-12-3-2-8-21(17(12)16)18(11)22)25(23,24)20-14-6-4-13(19)5-7-14/h4-7,9-11,20H,2-3,8H2,1H3/t11-/m1/s1. The maximum absolute atomic E-state index is 12.8. The van der Waals surface area contributed by atoms with Crippen LogP contribution in [0.25, 0.3) is 0 Å². The highest BCUT2D eigenvalue weighted by atomic mass is 35.5. The first kappa shape index (κ1) is 16.4. The molecule has 5 nitrogen and oxygen atoms in total. The predicted molar refractivity (Wildman–Crippen MR) is 97.8 cm³/mol. The number of rotatable bonds is 3. The quantitative estimate of drug-likeness (QED) is 0.890. The third kappa shape index (κ3) is 2.69. The van der Waals surface area contributed by atoms with E-state index in [1.807, 2.05) is 6.92 Å². The molecule has 1 atom stereocenters. The molecule has 2 aromatic carbocycles. The van der Waals surface area contributed by atoms with E-state index < -0.39 is 10.0 Å². The van der Waals surface area contributed by atoms with Gasteiger partial charge in [0, 0.05) is 17.3 Å². The van der Waals surface area contributed by atoms with Crippen molar-refractivity contribution in [3.8, 4) is 0 Å². The molecule has 0 bridgehead atoms. The predicted octanol–water partition coefficient (Wildman–Crippen LogP) is 3.54. The van der Waals surface area contributed by atoms with E-state index in [9.17, 15) is 13.2 Å². The van der Waals surface area contributed by atoms with Crippen molar-refractivity contribution in [3.05, 3.63) is 52.5 Å². The second-order valence-corrected chi connectivity index (χ2v) is 8.57. The molecule has 0 unspecified atom stereocenters. The first-order chi connectivity index (χ1) is 11.9. The molecule has 1 N–H and O–H groups in total. The van der Waals surface area contributed by atoms with Crippen LogP contribution in [0.3, 0.4) is 0 Å². The van der Waals surface area contributed by atoms with Gasteiger partial charge in [-0.1, -0.05) is 11.6 Å². The second kappa shape index (κ2) is 5.75. The van der Waals surface area contributed by atoms with E-state index in [0.29, 0.717) is 17.3 Å². The number of amides is 1. The smallest absolute Gasteiger partial charge is 0.261 e. The SMILES string of the molecule is C[C@H]1C(=O)N2CCCc3cc(S(=O)(=O)Nc4ccc(Cl)cc4)cc1c32. The normalized spacial score (nSPS) is 19.0. The highest BCUT2D eigenvalue weighted by Gasteiger charge is 2.38. The Morgan fingerprint density at radius 3 is 2.64 bits per heavy atom. The number of sulfonamides is 1. The van der Waals surface area contributed by atoms with Crippen molar-refractivity contribution in [2.45, 2.75) is 30.6 Å². The fraction of sp³-hybridized carbons (Fsp3) is 0.278. The molecule has 0 fully saturated rings. The van der Waals surface area contributed by atoms with Gasteiger partial charge in [-0.15, -0.1) is 0 Å². The number of aryl methyl sites for hydroxylation is 1. The van der Waals surface area contributed by atoms with Crippen molar-refractivity contribution >= 4 is 38.9 Å². The van der Waals surface area contributed by atoms with Crippen LogP contribution in [-0.4, -0.2) is 20.9 Å². The fourth-order valence-corrected chi connectivity index (χ4v) is 4.82. The van der Waals surface area contributed by atoms with Gasteiger partial charge in [-0.2, -0.15) is 0 Å². The lowest BCUT2D eigenvalue weighted by molar-refractivity contribution is -0.119. The Kier molecular flexibility index (Phi) is 3.77. The molecule has 0 aliphatic carbocycles. The summed E-state index contributed by atoms with van der Waals surface area (Å²) in [5.41, 5.74) is 3.09. The molecule has 25 heavy (non-hydrogen) atoms. The van der Waals surface area contributed by atoms with E-state index in [-0.39, 0.29) is 16.7 Å². The van der Waals surface area contributed by atoms with Crippen molar-refractivity contribution in [3.63, 3.8) is 0 Å². The molecule has 1 amide bonds. The Hall–Kier alpha value is -2.05. The maximum atomic E-state index is 12.8. The lowest BCUT2D eigenvalue weighted by Crippen LogP contribution is -2.32. The van der Waals surface area contributed by atoms with Gasteiger partial charge in [-0.25, -0.2) is 8.42 Å². The van der Waals surface area contributed by atoms with E-state index >= 15 is 0 Å². The molecule has 130 valence electrons. The average Bonchev–Trinajstić information content (AvgIpc) is 2.84. The second-order valence-electron chi connectivity index (χ2n) is 6.45. The maximum Gasteiger partial charge on any atom is 0.261 e. The molecular weight excluding hydrogens is 360 g/mol. The van der Waals surface area contributed by atoms with Gasteiger partial charge in [0.1, 0.15) is 0 Å². The van der Waals surface area contributed by atoms with Crippen molar-refractivity contribution in [1.29, 1.82) is 0 Å². The van der Waals surface area contributed by atoms with Gasteiger partial charge < -0.3 is 4.90 Å². The van der Waals surface area contributed by atoms with E-state index in [1.54, 1.807) is 41.3 Å². The molecule has 2 heterocycles. The fourth-order valence-electron chi connectivity index (χ4n) is 3.55. The summed E-state index contributed by atoms with van der Waals surface area (Å²) in [6.07, 6.45) is 1.63. The Morgan fingerprint density at radius 2 is 1.92 bits per heavy atom. The number of carbonyl (C=O) groups excluding carboxylic acids is 1. The summed E-state index contributed by atoms with van der Waals surface area (Å²) >= 11 is 5.84. The van der Waals surface area contributed by atoms with Crippen LogP contribution in [0.5, 0.6) is 0 Å². The molecule has 0 radical (unpaired) electrons. The van der Waals surface area contributed by atoms with Crippen molar-refractivity contribution < 1.29 is 13.2 Å². The number of hydrogen-bond donors (Lipinski definition) is 1. The average molecular weight is 377 g/mol. The summed E-state index contributed by atoms with van der Waals surface area (Å²) in [4.78, 5) is 14.4. The van der Waals surface area contributed by atoms with E-state index in [4.69, 9.17) is 11.6 Å². The van der Waals surface area contributed by atoms with Gasteiger partial charge in [0.05, 0.1) is 16.5 Å². The first-order valence-electron chi connectivity index (χ1n) is 8.13. The number of hydrogen-bond acceptors (Lipinski definition) is 3. The highest BCUT2D eigenvalue weighted by molar-refractivity contribution is 7.92. The number of benzene rings is 2. The molecule has 0 spiro atoms. The zero-order chi connectivity index (χ0) is 17.8. The zero-order valence-corrected chi connectivity index (χ0v) is 15.2. The largest absolute Gasteiger partial charge is 0.311 e. The minimum Gasteiger partial charge on any atom is -0.311 e. The van der Waals surface area contributed by atoms with E-state index in [0.717, 1.165) is 29.7 Å². The van der Waals surface area contributed by atoms with Gasteiger partial charge in [-0.05, 0) is 67.3 Å². The Morgan fingerprint density at radius 1 is 1.20 bits per heavy atom. The van der Waals surface area contributed by atoms with Crippen LogP contribution in [0.2, 0.25) is 5.02 Å². The molecule has 7 heteroatoms. The lowest BCUT2D eigenvalue weighted by Gasteiger charge is -2.26. The van der Waals surface area contributed by atoms with Crippen molar-refractivity contribution in [2.24, 2.45) is 0 Å². The highest BCUT2D eigenvalue weighted by Crippen LogP contribution is 2.44. The minimum absolute atomic E-state index is 0.0520. The molecular formula is C18H17ClN2O3S. The van der Waals surface area contributed by atoms with Gasteiger partial charge in [-0.3, -0.25) is 9.52 Å². The number of carbonyl (C=O) groups is 1. The van der Waals surface area contributed by atoms with Crippen molar-refractivity contribution in [1.82, 2.24) is 0 Å².